The summed E-state index contributed by atoms with van der Waals surface area (Å²) in [6.07, 6.45) is 0. The summed E-state index contributed by atoms with van der Waals surface area (Å²) in [7, 11) is 0. The van der Waals surface area contributed by atoms with E-state index < -0.39 is 0 Å². The minimum atomic E-state index is -0.0471. The lowest BCUT2D eigenvalue weighted by atomic mass is 10.1. The molecule has 4 nitrogen and oxygen atoms in total. The number of anilines is 1. The Labute approximate surface area is 115 Å². The number of nitrogens with one attached hydrogen (secondary N) is 1. The molecule has 0 fully saturated rings. The third-order valence-corrected chi connectivity index (χ3v) is 3.12. The molecule has 0 radical (unpaired) electrons. The predicted octanol–water partition coefficient (Wildman–Crippen LogP) is 1.94. The molecule has 0 heterocycles. The van der Waals surface area contributed by atoms with Crippen LogP contribution in [0.3, 0.4) is 0 Å². The molecule has 0 bridgehead atoms. The molecule has 0 saturated carbocycles. The highest BCUT2D eigenvalue weighted by molar-refractivity contribution is 5.93. The van der Waals surface area contributed by atoms with Gasteiger partial charge in [0, 0.05) is 18.3 Å². The van der Waals surface area contributed by atoms with Crippen LogP contribution in [0.2, 0.25) is 0 Å². The summed E-state index contributed by atoms with van der Waals surface area (Å²) in [4.78, 5) is 13.9. The van der Waals surface area contributed by atoms with Gasteiger partial charge in [0.1, 0.15) is 0 Å². The van der Waals surface area contributed by atoms with Crippen molar-refractivity contribution in [3.8, 4) is 0 Å². The van der Waals surface area contributed by atoms with Crippen LogP contribution in [-0.2, 0) is 4.79 Å². The molecule has 0 atom stereocenters. The number of aliphatic hydroxyl groups is 1. The summed E-state index contributed by atoms with van der Waals surface area (Å²) in [5.74, 6) is -0.0471. The van der Waals surface area contributed by atoms with Crippen molar-refractivity contribution in [3.05, 3.63) is 29.3 Å². The molecule has 1 aromatic rings. The van der Waals surface area contributed by atoms with Gasteiger partial charge < -0.3 is 10.4 Å². The number of benzene rings is 1. The summed E-state index contributed by atoms with van der Waals surface area (Å²) < 4.78 is 0. The zero-order valence-electron chi connectivity index (χ0n) is 12.2. The van der Waals surface area contributed by atoms with E-state index in [1.807, 2.05) is 50.8 Å². The van der Waals surface area contributed by atoms with Crippen LogP contribution in [-0.4, -0.2) is 41.7 Å². The average Bonchev–Trinajstić information content (AvgIpc) is 2.32. The number of amides is 1. The molecule has 0 aliphatic heterocycles. The van der Waals surface area contributed by atoms with Crippen LogP contribution in [0.15, 0.2) is 18.2 Å². The van der Waals surface area contributed by atoms with Crippen LogP contribution in [0.4, 0.5) is 5.69 Å². The van der Waals surface area contributed by atoms with E-state index in [0.717, 1.165) is 11.3 Å². The molecule has 0 unspecified atom stereocenters. The first-order valence-electron chi connectivity index (χ1n) is 6.66. The van der Waals surface area contributed by atoms with E-state index >= 15 is 0 Å². The highest BCUT2D eigenvalue weighted by Gasteiger charge is 2.14. The van der Waals surface area contributed by atoms with E-state index in [1.54, 1.807) is 0 Å². The lowest BCUT2D eigenvalue weighted by Gasteiger charge is -2.24. The van der Waals surface area contributed by atoms with Crippen LogP contribution in [0.1, 0.15) is 25.0 Å². The fourth-order valence-corrected chi connectivity index (χ4v) is 1.98. The molecule has 0 aliphatic carbocycles. The summed E-state index contributed by atoms with van der Waals surface area (Å²) in [5, 5.41) is 11.9. The molecule has 1 amide bonds. The van der Waals surface area contributed by atoms with Gasteiger partial charge in [-0.25, -0.2) is 0 Å². The molecule has 0 saturated heterocycles. The number of carbonyl (C=O) groups is 1. The Morgan fingerprint density at radius 2 is 2.05 bits per heavy atom. The minimum Gasteiger partial charge on any atom is -0.395 e. The highest BCUT2D eigenvalue weighted by atomic mass is 16.3. The second-order valence-electron chi connectivity index (χ2n) is 5.15. The van der Waals surface area contributed by atoms with Gasteiger partial charge in [-0.05, 0) is 39.3 Å². The van der Waals surface area contributed by atoms with Gasteiger partial charge in [-0.3, -0.25) is 9.69 Å². The Morgan fingerprint density at radius 3 is 2.58 bits per heavy atom. The van der Waals surface area contributed by atoms with E-state index in [9.17, 15) is 4.79 Å². The van der Waals surface area contributed by atoms with Gasteiger partial charge in [0.15, 0.2) is 0 Å². The Morgan fingerprint density at radius 1 is 1.37 bits per heavy atom. The molecule has 1 rings (SSSR count). The molecule has 0 aliphatic rings. The monoisotopic (exact) mass is 264 g/mol. The van der Waals surface area contributed by atoms with Crippen LogP contribution < -0.4 is 5.32 Å². The normalized spacial score (nSPS) is 11.1. The van der Waals surface area contributed by atoms with Crippen LogP contribution in [0, 0.1) is 13.8 Å². The Bertz CT molecular complexity index is 430. The van der Waals surface area contributed by atoms with E-state index in [2.05, 4.69) is 5.32 Å². The zero-order valence-corrected chi connectivity index (χ0v) is 12.2. The molecule has 0 aromatic heterocycles. The number of aliphatic hydroxyl groups excluding tert-OH is 1. The van der Waals surface area contributed by atoms with Crippen molar-refractivity contribution in [1.29, 1.82) is 0 Å². The number of nitrogens with zero attached hydrogens (tertiary/aromatic N) is 1. The maximum atomic E-state index is 12.0. The fourth-order valence-electron chi connectivity index (χ4n) is 1.98. The molecule has 106 valence electrons. The van der Waals surface area contributed by atoms with Crippen molar-refractivity contribution in [3.63, 3.8) is 0 Å². The van der Waals surface area contributed by atoms with Crippen molar-refractivity contribution in [1.82, 2.24) is 4.90 Å². The summed E-state index contributed by atoms with van der Waals surface area (Å²) in [6.45, 7) is 8.91. The van der Waals surface area contributed by atoms with E-state index in [0.29, 0.717) is 13.1 Å². The molecular weight excluding hydrogens is 240 g/mol. The predicted molar refractivity (Wildman–Crippen MR) is 78.3 cm³/mol. The van der Waals surface area contributed by atoms with Crippen molar-refractivity contribution < 1.29 is 9.90 Å². The summed E-state index contributed by atoms with van der Waals surface area (Å²) >= 11 is 0. The van der Waals surface area contributed by atoms with Gasteiger partial charge in [0.05, 0.1) is 13.2 Å². The number of hydrogen-bond donors (Lipinski definition) is 2. The van der Waals surface area contributed by atoms with Gasteiger partial charge >= 0.3 is 0 Å². The van der Waals surface area contributed by atoms with Gasteiger partial charge in [0.2, 0.25) is 5.91 Å². The fraction of sp³-hybridized carbons (Fsp3) is 0.533. The lowest BCUT2D eigenvalue weighted by Crippen LogP contribution is -2.39. The van der Waals surface area contributed by atoms with Crippen molar-refractivity contribution in [2.75, 3.05) is 25.0 Å². The topological polar surface area (TPSA) is 52.6 Å². The SMILES string of the molecule is Cc1ccc(NC(=O)CN(CCO)C(C)C)c(C)c1. The van der Waals surface area contributed by atoms with Gasteiger partial charge in [-0.1, -0.05) is 17.7 Å². The van der Waals surface area contributed by atoms with Gasteiger partial charge in [-0.15, -0.1) is 0 Å². The quantitative estimate of drug-likeness (QED) is 0.825. The number of aryl methyl sites for hydroxylation is 2. The molecule has 1 aromatic carbocycles. The lowest BCUT2D eigenvalue weighted by molar-refractivity contribution is -0.117. The molecule has 19 heavy (non-hydrogen) atoms. The summed E-state index contributed by atoms with van der Waals surface area (Å²) in [6, 6.07) is 6.19. The second kappa shape index (κ2) is 7.26. The minimum absolute atomic E-state index is 0.0471. The van der Waals surface area contributed by atoms with Gasteiger partial charge in [-0.2, -0.15) is 0 Å². The molecule has 0 spiro atoms. The van der Waals surface area contributed by atoms with Crippen molar-refractivity contribution in [2.45, 2.75) is 33.7 Å². The second-order valence-corrected chi connectivity index (χ2v) is 5.15. The Balaban J connectivity index is 2.63. The first-order chi connectivity index (χ1) is 8.93. The van der Waals surface area contributed by atoms with E-state index in [4.69, 9.17) is 5.11 Å². The third-order valence-electron chi connectivity index (χ3n) is 3.12. The maximum Gasteiger partial charge on any atom is 0.238 e. The van der Waals surface area contributed by atoms with Crippen molar-refractivity contribution >= 4 is 11.6 Å². The number of hydrogen-bond acceptors (Lipinski definition) is 3. The molecular formula is C15H24N2O2. The Hall–Kier alpha value is -1.39. The highest BCUT2D eigenvalue weighted by Crippen LogP contribution is 2.16. The maximum absolute atomic E-state index is 12.0. The first kappa shape index (κ1) is 15.7. The van der Waals surface area contributed by atoms with E-state index in [-0.39, 0.29) is 18.6 Å². The van der Waals surface area contributed by atoms with Crippen molar-refractivity contribution in [2.24, 2.45) is 0 Å². The largest absolute Gasteiger partial charge is 0.395 e. The van der Waals surface area contributed by atoms with Crippen LogP contribution in [0.25, 0.3) is 0 Å². The molecule has 4 heteroatoms. The van der Waals surface area contributed by atoms with Crippen LogP contribution in [0.5, 0.6) is 0 Å². The zero-order chi connectivity index (χ0) is 14.4. The van der Waals surface area contributed by atoms with E-state index in [1.165, 1.54) is 5.56 Å². The smallest absolute Gasteiger partial charge is 0.238 e. The number of rotatable bonds is 6. The third kappa shape index (κ3) is 5.01. The van der Waals surface area contributed by atoms with Gasteiger partial charge in [0.25, 0.3) is 0 Å². The standard InChI is InChI=1S/C15H24N2O2/c1-11(2)17(7-8-18)10-15(19)16-14-6-5-12(3)9-13(14)4/h5-6,9,11,18H,7-8,10H2,1-4H3,(H,16,19). The van der Waals surface area contributed by atoms with Crippen LogP contribution >= 0.6 is 0 Å². The number of carbonyl (C=O) groups excluding carboxylic acids is 1. The average molecular weight is 264 g/mol. The Kier molecular flexibility index (Phi) is 5.99. The summed E-state index contributed by atoms with van der Waals surface area (Å²) in [5.41, 5.74) is 3.09. The molecule has 2 N–H and O–H groups in total. The first-order valence-corrected chi connectivity index (χ1v) is 6.66.